The van der Waals surface area contributed by atoms with Crippen LogP contribution < -0.4 is 16.2 Å². The van der Waals surface area contributed by atoms with Gasteiger partial charge in [0.15, 0.2) is 0 Å². The maximum atomic E-state index is 13.5. The van der Waals surface area contributed by atoms with Crippen LogP contribution in [0.15, 0.2) is 54.0 Å². The quantitative estimate of drug-likeness (QED) is 0.333. The van der Waals surface area contributed by atoms with Gasteiger partial charge >= 0.3 is 0 Å². The minimum absolute atomic E-state index is 0.0934. The third kappa shape index (κ3) is 4.53. The minimum atomic E-state index is -0.199. The molecule has 35 heavy (non-hydrogen) atoms. The highest BCUT2D eigenvalue weighted by Crippen LogP contribution is 2.37. The molecule has 1 aromatic carbocycles. The maximum absolute atomic E-state index is 13.5. The smallest absolute Gasteiger partial charge is 0.254 e. The SMILES string of the molecule is C=CCc1cc2n(c(=O)c1CCC)Cc1c-2nc2ccc(NC(=C)C(C)NC(C)=O)cc2c1CC. The summed E-state index contributed by atoms with van der Waals surface area (Å²) in [7, 11) is 0. The number of allylic oxidation sites excluding steroid dienone is 1. The highest BCUT2D eigenvalue weighted by Gasteiger charge is 2.27. The van der Waals surface area contributed by atoms with E-state index in [4.69, 9.17) is 4.98 Å². The number of nitrogens with one attached hydrogen (secondary N) is 2. The molecule has 1 amide bonds. The van der Waals surface area contributed by atoms with Crippen molar-refractivity contribution in [2.24, 2.45) is 0 Å². The van der Waals surface area contributed by atoms with Gasteiger partial charge in [-0.3, -0.25) is 9.59 Å². The number of carbonyl (C=O) groups excluding carboxylic acids is 1. The Morgan fingerprint density at radius 1 is 1.26 bits per heavy atom. The van der Waals surface area contributed by atoms with Crippen molar-refractivity contribution in [3.05, 3.63) is 81.8 Å². The van der Waals surface area contributed by atoms with Crippen LogP contribution >= 0.6 is 0 Å². The van der Waals surface area contributed by atoms with Crippen molar-refractivity contribution in [1.29, 1.82) is 0 Å². The number of carbonyl (C=O) groups is 1. The number of aromatic nitrogens is 2. The third-order valence-electron chi connectivity index (χ3n) is 6.72. The predicted octanol–water partition coefficient (Wildman–Crippen LogP) is 5.12. The van der Waals surface area contributed by atoms with Gasteiger partial charge in [0.05, 0.1) is 29.5 Å². The largest absolute Gasteiger partial charge is 0.358 e. The number of nitrogens with zero attached hydrogens (tertiary/aromatic N) is 2. The van der Waals surface area contributed by atoms with Gasteiger partial charge in [-0.15, -0.1) is 6.58 Å². The third-order valence-corrected chi connectivity index (χ3v) is 6.72. The van der Waals surface area contributed by atoms with Crippen LogP contribution in [0.2, 0.25) is 0 Å². The molecule has 1 aliphatic rings. The second kappa shape index (κ2) is 9.90. The maximum Gasteiger partial charge on any atom is 0.254 e. The van der Waals surface area contributed by atoms with E-state index in [1.807, 2.05) is 29.7 Å². The molecule has 182 valence electrons. The summed E-state index contributed by atoms with van der Waals surface area (Å²) in [6.45, 7) is 16.2. The highest BCUT2D eigenvalue weighted by atomic mass is 16.1. The molecule has 6 heteroatoms. The zero-order chi connectivity index (χ0) is 25.3. The number of aryl methyl sites for hydroxylation is 1. The van der Waals surface area contributed by atoms with Crippen LogP contribution in [0.4, 0.5) is 5.69 Å². The summed E-state index contributed by atoms with van der Waals surface area (Å²) >= 11 is 0. The highest BCUT2D eigenvalue weighted by molar-refractivity contribution is 5.90. The number of pyridine rings is 2. The summed E-state index contributed by atoms with van der Waals surface area (Å²) in [5, 5.41) is 7.24. The molecular weight excluding hydrogens is 436 g/mol. The fraction of sp³-hybridized carbons (Fsp3) is 0.345. The first kappa shape index (κ1) is 24.5. The van der Waals surface area contributed by atoms with E-state index >= 15 is 0 Å². The van der Waals surface area contributed by atoms with Gasteiger partial charge in [-0.1, -0.05) is 32.9 Å². The molecule has 2 aromatic heterocycles. The van der Waals surface area contributed by atoms with Gasteiger partial charge < -0.3 is 15.2 Å². The number of hydrogen-bond acceptors (Lipinski definition) is 4. The first-order valence-electron chi connectivity index (χ1n) is 12.3. The van der Waals surface area contributed by atoms with Crippen LogP contribution in [0.1, 0.15) is 56.4 Å². The Labute approximate surface area is 206 Å². The lowest BCUT2D eigenvalue weighted by atomic mass is 9.97. The van der Waals surface area contributed by atoms with Gasteiger partial charge in [-0.05, 0) is 61.6 Å². The zero-order valence-electron chi connectivity index (χ0n) is 21.1. The number of amides is 1. The average Bonchev–Trinajstić information content (AvgIpc) is 3.18. The topological polar surface area (TPSA) is 76.0 Å². The second-order valence-electron chi connectivity index (χ2n) is 9.24. The molecular formula is C29H34N4O2. The zero-order valence-corrected chi connectivity index (χ0v) is 21.1. The Bertz CT molecular complexity index is 1400. The molecule has 0 spiro atoms. The molecule has 4 rings (SSSR count). The molecule has 2 N–H and O–H groups in total. The Hall–Kier alpha value is -3.67. The molecule has 1 unspecified atom stereocenters. The molecule has 0 radical (unpaired) electrons. The summed E-state index contributed by atoms with van der Waals surface area (Å²) in [5.41, 5.74) is 8.68. The fourth-order valence-electron chi connectivity index (χ4n) is 5.02. The van der Waals surface area contributed by atoms with Crippen LogP contribution in [0.3, 0.4) is 0 Å². The summed E-state index contributed by atoms with van der Waals surface area (Å²) in [5.74, 6) is -0.0971. The van der Waals surface area contributed by atoms with E-state index in [-0.39, 0.29) is 17.5 Å². The van der Waals surface area contributed by atoms with Crippen molar-refractivity contribution in [3.8, 4) is 11.4 Å². The normalized spacial score (nSPS) is 12.7. The van der Waals surface area contributed by atoms with E-state index in [0.717, 1.165) is 63.9 Å². The number of hydrogen-bond donors (Lipinski definition) is 2. The monoisotopic (exact) mass is 470 g/mol. The van der Waals surface area contributed by atoms with Crippen molar-refractivity contribution in [2.45, 2.75) is 66.0 Å². The van der Waals surface area contributed by atoms with E-state index in [1.165, 1.54) is 12.5 Å². The number of fused-ring (bicyclic) bond motifs is 4. The lowest BCUT2D eigenvalue weighted by Gasteiger charge is -2.18. The van der Waals surface area contributed by atoms with E-state index < -0.39 is 0 Å². The Morgan fingerprint density at radius 2 is 2.03 bits per heavy atom. The summed E-state index contributed by atoms with van der Waals surface area (Å²) < 4.78 is 1.89. The number of rotatable bonds is 9. The molecule has 0 bridgehead atoms. The van der Waals surface area contributed by atoms with Gasteiger partial charge in [-0.25, -0.2) is 4.98 Å². The summed E-state index contributed by atoms with van der Waals surface area (Å²) in [6.07, 6.45) is 5.07. The van der Waals surface area contributed by atoms with Gasteiger partial charge in [0.2, 0.25) is 5.91 Å². The average molecular weight is 471 g/mol. The molecule has 1 aliphatic heterocycles. The van der Waals surface area contributed by atoms with Crippen LogP contribution in [0.5, 0.6) is 0 Å². The molecule has 0 fully saturated rings. The Kier molecular flexibility index (Phi) is 6.92. The lowest BCUT2D eigenvalue weighted by molar-refractivity contribution is -0.119. The number of benzene rings is 1. The van der Waals surface area contributed by atoms with Gasteiger partial charge in [-0.2, -0.15) is 0 Å². The van der Waals surface area contributed by atoms with Crippen LogP contribution in [-0.4, -0.2) is 21.5 Å². The van der Waals surface area contributed by atoms with E-state index in [9.17, 15) is 9.59 Å². The van der Waals surface area contributed by atoms with Gasteiger partial charge in [0.1, 0.15) is 0 Å². The Balaban J connectivity index is 1.80. The van der Waals surface area contributed by atoms with E-state index in [1.54, 1.807) is 0 Å². The standard InChI is InChI=1S/C29H34N4O2/c1-7-10-20-14-27-28-25(16-33(27)29(35)23(20)11-8-2)22(9-3)24-15-21(12-13-26(24)32-28)31-18(5)17(4)30-19(6)34/h7,12-15,17,31H,1,5,8-11,16H2,2-4,6H3,(H,30,34). The van der Waals surface area contributed by atoms with E-state index in [2.05, 4.69) is 49.8 Å². The minimum Gasteiger partial charge on any atom is -0.358 e. The predicted molar refractivity (Wildman–Crippen MR) is 144 cm³/mol. The second-order valence-corrected chi connectivity index (χ2v) is 9.24. The molecule has 0 saturated heterocycles. The molecule has 1 atom stereocenters. The first-order valence-corrected chi connectivity index (χ1v) is 12.3. The molecule has 3 heterocycles. The fourth-order valence-corrected chi connectivity index (χ4v) is 5.02. The van der Waals surface area contributed by atoms with Crippen LogP contribution in [-0.2, 0) is 30.6 Å². The molecule has 6 nitrogen and oxygen atoms in total. The Morgan fingerprint density at radius 3 is 2.69 bits per heavy atom. The summed E-state index contributed by atoms with van der Waals surface area (Å²) in [6, 6.07) is 8.01. The molecule has 3 aromatic rings. The van der Waals surface area contributed by atoms with Gasteiger partial charge in [0.25, 0.3) is 5.56 Å². The van der Waals surface area contributed by atoms with Gasteiger partial charge in [0, 0.05) is 34.8 Å². The first-order chi connectivity index (χ1) is 16.8. The van der Waals surface area contributed by atoms with Crippen molar-refractivity contribution >= 4 is 22.5 Å². The molecule has 0 aliphatic carbocycles. The van der Waals surface area contributed by atoms with Crippen molar-refractivity contribution in [2.75, 3.05) is 5.32 Å². The van der Waals surface area contributed by atoms with Crippen molar-refractivity contribution in [1.82, 2.24) is 14.9 Å². The lowest BCUT2D eigenvalue weighted by Crippen LogP contribution is -2.33. The number of anilines is 1. The van der Waals surface area contributed by atoms with Crippen LogP contribution in [0, 0.1) is 0 Å². The van der Waals surface area contributed by atoms with E-state index in [0.29, 0.717) is 18.7 Å². The van der Waals surface area contributed by atoms with Crippen molar-refractivity contribution in [3.63, 3.8) is 0 Å². The summed E-state index contributed by atoms with van der Waals surface area (Å²) in [4.78, 5) is 29.9. The van der Waals surface area contributed by atoms with Crippen LogP contribution in [0.25, 0.3) is 22.3 Å². The van der Waals surface area contributed by atoms with Crippen molar-refractivity contribution < 1.29 is 4.79 Å². The molecule has 0 saturated carbocycles.